The Hall–Kier alpha value is -0.810. The summed E-state index contributed by atoms with van der Waals surface area (Å²) in [5.74, 6) is -0.838. The second-order valence-corrected chi connectivity index (χ2v) is 2.55. The van der Waals surface area contributed by atoms with E-state index in [1.54, 1.807) is 13.8 Å². The maximum atomic E-state index is 9.73. The molecule has 0 bridgehead atoms. The highest BCUT2D eigenvalue weighted by Crippen LogP contribution is 1.83. The lowest BCUT2D eigenvalue weighted by Gasteiger charge is -1.95. The van der Waals surface area contributed by atoms with Gasteiger partial charge >= 0.3 is 11.4 Å². The van der Waals surface area contributed by atoms with Crippen LogP contribution in [0.4, 0.5) is 4.79 Å². The summed E-state index contributed by atoms with van der Waals surface area (Å²) in [5, 5.41) is 8.00. The van der Waals surface area contributed by atoms with Crippen LogP contribution >= 0.6 is 11.6 Å². The molecule has 0 radical (unpaired) electrons. The molecule has 0 heterocycles. The maximum Gasteiger partial charge on any atom is 0.403 e. The van der Waals surface area contributed by atoms with Gasteiger partial charge in [-0.25, -0.2) is 4.79 Å². The molecular formula is C7H14ClNO4. The second-order valence-electron chi connectivity index (χ2n) is 2.25. The van der Waals surface area contributed by atoms with Crippen LogP contribution < -0.4 is 5.73 Å². The third kappa shape index (κ3) is 24.7. The smallest absolute Gasteiger partial charge is 0.403 e. The van der Waals surface area contributed by atoms with Gasteiger partial charge in [-0.05, 0) is 13.8 Å². The highest BCUT2D eigenvalue weighted by molar-refractivity contribution is 6.61. The minimum Gasteiger partial charge on any atom is -0.481 e. The molecule has 0 aromatic heterocycles. The monoisotopic (exact) mass is 211 g/mol. The SMILES string of the molecule is CC(N)CC(=O)O.CCOC(=O)Cl. The number of carbonyl (C=O) groups excluding carboxylic acids is 1. The van der Waals surface area contributed by atoms with Gasteiger partial charge in [0, 0.05) is 17.6 Å². The fourth-order valence-corrected chi connectivity index (χ4v) is 0.498. The Morgan fingerprint density at radius 2 is 2.08 bits per heavy atom. The molecule has 3 N–H and O–H groups in total. The number of rotatable bonds is 3. The molecule has 78 valence electrons. The Balaban J connectivity index is 0. The van der Waals surface area contributed by atoms with Crippen molar-refractivity contribution in [2.45, 2.75) is 26.3 Å². The van der Waals surface area contributed by atoms with Crippen LogP contribution in [0.25, 0.3) is 0 Å². The molecule has 0 saturated heterocycles. The van der Waals surface area contributed by atoms with Crippen molar-refractivity contribution in [3.05, 3.63) is 0 Å². The number of nitrogens with two attached hydrogens (primary N) is 1. The lowest BCUT2D eigenvalue weighted by atomic mass is 10.3. The number of aliphatic carboxylic acids is 1. The molecule has 0 rings (SSSR count). The molecule has 0 amide bonds. The van der Waals surface area contributed by atoms with E-state index in [9.17, 15) is 9.59 Å². The van der Waals surface area contributed by atoms with Crippen LogP contribution in [0.5, 0.6) is 0 Å². The van der Waals surface area contributed by atoms with Crippen LogP contribution in [-0.4, -0.2) is 29.2 Å². The van der Waals surface area contributed by atoms with E-state index in [1.807, 2.05) is 0 Å². The molecule has 0 aliphatic rings. The van der Waals surface area contributed by atoms with Crippen molar-refractivity contribution < 1.29 is 19.4 Å². The Bertz CT molecular complexity index is 161. The first-order valence-corrected chi connectivity index (χ1v) is 4.07. The number of ether oxygens (including phenoxy) is 1. The summed E-state index contributed by atoms with van der Waals surface area (Å²) in [6, 6.07) is -0.225. The first-order chi connectivity index (χ1) is 5.90. The topological polar surface area (TPSA) is 89.6 Å². The second kappa shape index (κ2) is 9.28. The van der Waals surface area contributed by atoms with Crippen LogP contribution in [0.1, 0.15) is 20.3 Å². The van der Waals surface area contributed by atoms with Crippen molar-refractivity contribution in [1.29, 1.82) is 0 Å². The van der Waals surface area contributed by atoms with E-state index in [-0.39, 0.29) is 12.5 Å². The fourth-order valence-electron chi connectivity index (χ4n) is 0.389. The predicted molar refractivity (Wildman–Crippen MR) is 48.8 cm³/mol. The molecule has 0 aromatic carbocycles. The minimum atomic E-state index is -0.838. The van der Waals surface area contributed by atoms with Gasteiger partial charge in [0.1, 0.15) is 0 Å². The molecule has 0 aliphatic carbocycles. The fraction of sp³-hybridized carbons (Fsp3) is 0.714. The summed E-state index contributed by atoms with van der Waals surface area (Å²) >= 11 is 4.72. The highest BCUT2D eigenvalue weighted by Gasteiger charge is 1.98. The zero-order chi connectivity index (χ0) is 10.9. The number of hydrogen-bond donors (Lipinski definition) is 2. The molecular weight excluding hydrogens is 198 g/mol. The third-order valence-corrected chi connectivity index (χ3v) is 0.864. The van der Waals surface area contributed by atoms with Crippen LogP contribution in [0.2, 0.25) is 0 Å². The van der Waals surface area contributed by atoms with Crippen LogP contribution in [0, 0.1) is 0 Å². The quantitative estimate of drug-likeness (QED) is 0.685. The van der Waals surface area contributed by atoms with Gasteiger partial charge in [-0.15, -0.1) is 0 Å². The Morgan fingerprint density at radius 3 is 2.08 bits per heavy atom. The summed E-state index contributed by atoms with van der Waals surface area (Å²) < 4.78 is 4.17. The summed E-state index contributed by atoms with van der Waals surface area (Å²) in [4.78, 5) is 19.3. The standard InChI is InChI=1S/C4H9NO2.C3H5ClO2/c1-3(5)2-4(6)7;1-2-6-3(4)5/h3H,2,5H2,1H3,(H,6,7);2H2,1H3. The lowest BCUT2D eigenvalue weighted by molar-refractivity contribution is -0.137. The van der Waals surface area contributed by atoms with Crippen molar-refractivity contribution in [3.63, 3.8) is 0 Å². The van der Waals surface area contributed by atoms with Crippen molar-refractivity contribution in [2.75, 3.05) is 6.61 Å². The lowest BCUT2D eigenvalue weighted by Crippen LogP contribution is -2.18. The molecule has 0 aromatic rings. The summed E-state index contributed by atoms with van der Waals surface area (Å²) in [6.45, 7) is 3.71. The zero-order valence-corrected chi connectivity index (χ0v) is 8.37. The largest absolute Gasteiger partial charge is 0.481 e. The van der Waals surface area contributed by atoms with Crippen LogP contribution in [0.3, 0.4) is 0 Å². The van der Waals surface area contributed by atoms with Gasteiger partial charge in [-0.1, -0.05) is 0 Å². The van der Waals surface area contributed by atoms with E-state index in [0.717, 1.165) is 0 Å². The molecule has 0 saturated carbocycles. The van der Waals surface area contributed by atoms with Gasteiger partial charge in [-0.2, -0.15) is 0 Å². The number of carboxylic acids is 1. The zero-order valence-electron chi connectivity index (χ0n) is 7.62. The third-order valence-electron chi connectivity index (χ3n) is 0.754. The molecule has 6 heteroatoms. The van der Waals surface area contributed by atoms with E-state index in [4.69, 9.17) is 22.4 Å². The van der Waals surface area contributed by atoms with Gasteiger partial charge in [0.15, 0.2) is 0 Å². The van der Waals surface area contributed by atoms with Crippen LogP contribution in [0.15, 0.2) is 0 Å². The molecule has 1 atom stereocenters. The van der Waals surface area contributed by atoms with Gasteiger partial charge in [0.05, 0.1) is 13.0 Å². The Labute approximate surface area is 81.8 Å². The van der Waals surface area contributed by atoms with Crippen molar-refractivity contribution in [2.24, 2.45) is 5.73 Å². The van der Waals surface area contributed by atoms with Crippen molar-refractivity contribution >= 4 is 23.0 Å². The number of carboxylic acid groups (broad SMARTS) is 1. The van der Waals surface area contributed by atoms with Crippen LogP contribution in [-0.2, 0) is 9.53 Å². The van der Waals surface area contributed by atoms with Gasteiger partial charge in [-0.3, -0.25) is 4.79 Å². The first kappa shape index (κ1) is 14.7. The van der Waals surface area contributed by atoms with Gasteiger partial charge in [0.2, 0.25) is 0 Å². The van der Waals surface area contributed by atoms with E-state index < -0.39 is 11.4 Å². The average Bonchev–Trinajstić information content (AvgIpc) is 1.83. The average molecular weight is 212 g/mol. The molecule has 5 nitrogen and oxygen atoms in total. The maximum absolute atomic E-state index is 9.73. The number of carbonyl (C=O) groups is 2. The van der Waals surface area contributed by atoms with E-state index in [1.165, 1.54) is 0 Å². The molecule has 0 aliphatic heterocycles. The molecule has 13 heavy (non-hydrogen) atoms. The van der Waals surface area contributed by atoms with Crippen molar-refractivity contribution in [1.82, 2.24) is 0 Å². The highest BCUT2D eigenvalue weighted by atomic mass is 35.5. The number of hydrogen-bond acceptors (Lipinski definition) is 4. The molecule has 0 spiro atoms. The summed E-state index contributed by atoms with van der Waals surface area (Å²) in [7, 11) is 0. The van der Waals surface area contributed by atoms with Gasteiger partial charge < -0.3 is 15.6 Å². The van der Waals surface area contributed by atoms with Gasteiger partial charge in [0.25, 0.3) is 0 Å². The van der Waals surface area contributed by atoms with Crippen molar-refractivity contribution in [3.8, 4) is 0 Å². The summed E-state index contributed by atoms with van der Waals surface area (Å²) in [5.41, 5.74) is 4.37. The first-order valence-electron chi connectivity index (χ1n) is 3.69. The molecule has 0 fully saturated rings. The Morgan fingerprint density at radius 1 is 1.62 bits per heavy atom. The van der Waals surface area contributed by atoms with E-state index in [2.05, 4.69) is 4.74 Å². The number of halogens is 1. The van der Waals surface area contributed by atoms with E-state index in [0.29, 0.717) is 6.61 Å². The normalized spacial score (nSPS) is 10.8. The summed E-state index contributed by atoms with van der Waals surface area (Å²) in [6.07, 6.45) is 0.0556. The minimum absolute atomic E-state index is 0.0556. The Kier molecular flexibility index (Phi) is 10.5. The van der Waals surface area contributed by atoms with E-state index >= 15 is 0 Å². The molecule has 1 unspecified atom stereocenters. The predicted octanol–water partition coefficient (Wildman–Crippen LogP) is 1.19.